The molecule has 1 aliphatic heterocycles. The van der Waals surface area contributed by atoms with Gasteiger partial charge >= 0.3 is 0 Å². The summed E-state index contributed by atoms with van der Waals surface area (Å²) in [6.45, 7) is 0. The molecule has 0 saturated carbocycles. The van der Waals surface area contributed by atoms with E-state index in [2.05, 4.69) is 4.98 Å². The molecule has 0 unspecified atom stereocenters. The fraction of sp³-hybridized carbons (Fsp3) is 0.455. The first kappa shape index (κ1) is 12.0. The molecule has 0 atom stereocenters. The lowest BCUT2D eigenvalue weighted by atomic mass is 10.2. The van der Waals surface area contributed by atoms with Crippen molar-refractivity contribution in [2.75, 3.05) is 11.5 Å². The standard InChI is InChI=1S/C11H13NO4S/c13-8-9-1-2-11(12-7-9)16-10-3-5-17(14,15)6-4-10/h1-2,7-8,10H,3-6H2. The molecule has 92 valence electrons. The topological polar surface area (TPSA) is 73.3 Å². The zero-order valence-electron chi connectivity index (χ0n) is 9.20. The van der Waals surface area contributed by atoms with Crippen LogP contribution in [-0.2, 0) is 9.84 Å². The van der Waals surface area contributed by atoms with Crippen LogP contribution in [0.3, 0.4) is 0 Å². The minimum absolute atomic E-state index is 0.104. The normalized spacial score (nSPS) is 19.8. The van der Waals surface area contributed by atoms with Crippen molar-refractivity contribution in [3.63, 3.8) is 0 Å². The van der Waals surface area contributed by atoms with Crippen LogP contribution in [0.15, 0.2) is 18.3 Å². The van der Waals surface area contributed by atoms with Crippen molar-refractivity contribution in [2.24, 2.45) is 0 Å². The second kappa shape index (κ2) is 4.83. The van der Waals surface area contributed by atoms with Gasteiger partial charge in [-0.15, -0.1) is 0 Å². The molecule has 0 amide bonds. The second-order valence-corrected chi connectivity index (χ2v) is 6.32. The predicted molar refractivity (Wildman–Crippen MR) is 61.9 cm³/mol. The van der Waals surface area contributed by atoms with Crippen molar-refractivity contribution >= 4 is 16.1 Å². The Kier molecular flexibility index (Phi) is 3.42. The van der Waals surface area contributed by atoms with E-state index < -0.39 is 9.84 Å². The van der Waals surface area contributed by atoms with Gasteiger partial charge in [0.25, 0.3) is 0 Å². The van der Waals surface area contributed by atoms with Gasteiger partial charge in [-0.1, -0.05) is 0 Å². The Hall–Kier alpha value is -1.43. The van der Waals surface area contributed by atoms with Gasteiger partial charge in [0.05, 0.1) is 11.5 Å². The summed E-state index contributed by atoms with van der Waals surface area (Å²) < 4.78 is 28.0. The molecular weight excluding hydrogens is 242 g/mol. The maximum absolute atomic E-state index is 11.2. The van der Waals surface area contributed by atoms with Crippen LogP contribution in [0.25, 0.3) is 0 Å². The van der Waals surface area contributed by atoms with Crippen molar-refractivity contribution in [3.05, 3.63) is 23.9 Å². The van der Waals surface area contributed by atoms with Gasteiger partial charge in [-0.2, -0.15) is 0 Å². The molecule has 0 aliphatic carbocycles. The number of nitrogens with zero attached hydrogens (tertiary/aromatic N) is 1. The Bertz CT molecular complexity index is 481. The summed E-state index contributed by atoms with van der Waals surface area (Å²) >= 11 is 0. The molecule has 1 saturated heterocycles. The van der Waals surface area contributed by atoms with Crippen molar-refractivity contribution in [3.8, 4) is 5.88 Å². The van der Waals surface area contributed by atoms with Gasteiger partial charge in [-0.05, 0) is 18.9 Å². The highest BCUT2D eigenvalue weighted by atomic mass is 32.2. The summed E-state index contributed by atoms with van der Waals surface area (Å²) in [5.41, 5.74) is 0.489. The molecule has 0 N–H and O–H groups in total. The molecule has 1 fully saturated rings. The molecule has 0 aromatic carbocycles. The number of hydrogen-bond donors (Lipinski definition) is 0. The van der Waals surface area contributed by atoms with Gasteiger partial charge < -0.3 is 4.74 Å². The third kappa shape index (κ3) is 3.26. The monoisotopic (exact) mass is 255 g/mol. The quantitative estimate of drug-likeness (QED) is 0.749. The first-order valence-corrected chi connectivity index (χ1v) is 7.19. The fourth-order valence-corrected chi connectivity index (χ4v) is 3.14. The summed E-state index contributed by atoms with van der Waals surface area (Å²) in [5, 5.41) is 0. The zero-order chi connectivity index (χ0) is 12.3. The van der Waals surface area contributed by atoms with Gasteiger partial charge in [0.15, 0.2) is 16.1 Å². The Morgan fingerprint density at radius 3 is 2.53 bits per heavy atom. The molecule has 1 aromatic rings. The number of carbonyl (C=O) groups is 1. The Morgan fingerprint density at radius 1 is 1.29 bits per heavy atom. The third-order valence-corrected chi connectivity index (χ3v) is 4.40. The van der Waals surface area contributed by atoms with Crippen molar-refractivity contribution in [2.45, 2.75) is 18.9 Å². The van der Waals surface area contributed by atoms with E-state index in [1.54, 1.807) is 12.1 Å². The van der Waals surface area contributed by atoms with Crippen LogP contribution in [0.1, 0.15) is 23.2 Å². The highest BCUT2D eigenvalue weighted by Crippen LogP contribution is 2.18. The Balaban J connectivity index is 1.95. The van der Waals surface area contributed by atoms with Gasteiger partial charge in [-0.25, -0.2) is 13.4 Å². The Labute approximate surface area is 99.7 Å². The number of rotatable bonds is 3. The van der Waals surface area contributed by atoms with Gasteiger partial charge in [0.2, 0.25) is 5.88 Å². The van der Waals surface area contributed by atoms with Crippen LogP contribution < -0.4 is 4.74 Å². The summed E-state index contributed by atoms with van der Waals surface area (Å²) in [6, 6.07) is 3.24. The summed E-state index contributed by atoms with van der Waals surface area (Å²) in [4.78, 5) is 14.4. The number of aldehydes is 1. The molecule has 0 radical (unpaired) electrons. The summed E-state index contributed by atoms with van der Waals surface area (Å²) in [7, 11) is -2.87. The minimum atomic E-state index is -2.87. The predicted octanol–water partition coefficient (Wildman–Crippen LogP) is 0.850. The van der Waals surface area contributed by atoms with Crippen LogP contribution in [-0.4, -0.2) is 37.3 Å². The minimum Gasteiger partial charge on any atom is -0.474 e. The van der Waals surface area contributed by atoms with Crippen LogP contribution in [0.2, 0.25) is 0 Å². The van der Waals surface area contributed by atoms with E-state index in [1.807, 2.05) is 0 Å². The fourth-order valence-electron chi connectivity index (χ4n) is 1.69. The van der Waals surface area contributed by atoms with Crippen LogP contribution in [0, 0.1) is 0 Å². The van der Waals surface area contributed by atoms with E-state index >= 15 is 0 Å². The third-order valence-electron chi connectivity index (χ3n) is 2.68. The van der Waals surface area contributed by atoms with Crippen LogP contribution in [0.4, 0.5) is 0 Å². The van der Waals surface area contributed by atoms with E-state index in [4.69, 9.17) is 4.74 Å². The van der Waals surface area contributed by atoms with Gasteiger partial charge in [0.1, 0.15) is 6.10 Å². The zero-order valence-corrected chi connectivity index (χ0v) is 10.0. The number of aromatic nitrogens is 1. The van der Waals surface area contributed by atoms with E-state index in [0.717, 1.165) is 0 Å². The molecule has 0 bridgehead atoms. The molecule has 1 aromatic heterocycles. The summed E-state index contributed by atoms with van der Waals surface area (Å²) in [6.07, 6.45) is 3.04. The molecule has 1 aliphatic rings. The molecular formula is C11H13NO4S. The number of ether oxygens (including phenoxy) is 1. The van der Waals surface area contributed by atoms with Crippen LogP contribution in [0.5, 0.6) is 5.88 Å². The van der Waals surface area contributed by atoms with Crippen molar-refractivity contribution < 1.29 is 17.9 Å². The number of carbonyl (C=O) groups excluding carboxylic acids is 1. The average molecular weight is 255 g/mol. The number of hydrogen-bond acceptors (Lipinski definition) is 5. The lowest BCUT2D eigenvalue weighted by Crippen LogP contribution is -2.30. The maximum Gasteiger partial charge on any atom is 0.213 e. The first-order valence-electron chi connectivity index (χ1n) is 5.37. The molecule has 5 nitrogen and oxygen atoms in total. The average Bonchev–Trinajstić information content (AvgIpc) is 2.33. The highest BCUT2D eigenvalue weighted by molar-refractivity contribution is 7.91. The molecule has 6 heteroatoms. The largest absolute Gasteiger partial charge is 0.474 e. The van der Waals surface area contributed by atoms with E-state index in [9.17, 15) is 13.2 Å². The van der Waals surface area contributed by atoms with E-state index in [0.29, 0.717) is 30.6 Å². The number of pyridine rings is 1. The summed E-state index contributed by atoms with van der Waals surface area (Å²) in [5.74, 6) is 0.772. The molecule has 0 spiro atoms. The van der Waals surface area contributed by atoms with Gasteiger partial charge in [-0.3, -0.25) is 4.79 Å². The SMILES string of the molecule is O=Cc1ccc(OC2CCS(=O)(=O)CC2)nc1. The van der Waals surface area contributed by atoms with Crippen molar-refractivity contribution in [1.82, 2.24) is 4.98 Å². The highest BCUT2D eigenvalue weighted by Gasteiger charge is 2.24. The second-order valence-electron chi connectivity index (χ2n) is 4.02. The van der Waals surface area contributed by atoms with Gasteiger partial charge in [0, 0.05) is 17.8 Å². The lowest BCUT2D eigenvalue weighted by Gasteiger charge is -2.22. The molecule has 2 heterocycles. The maximum atomic E-state index is 11.2. The van der Waals surface area contributed by atoms with Crippen LogP contribution >= 0.6 is 0 Å². The lowest BCUT2D eigenvalue weighted by molar-refractivity contribution is 0.112. The number of sulfone groups is 1. The molecule has 17 heavy (non-hydrogen) atoms. The van der Waals surface area contributed by atoms with Crippen molar-refractivity contribution in [1.29, 1.82) is 0 Å². The Morgan fingerprint density at radius 2 is 2.00 bits per heavy atom. The first-order chi connectivity index (χ1) is 8.09. The van der Waals surface area contributed by atoms with E-state index in [1.165, 1.54) is 6.20 Å². The molecule has 2 rings (SSSR count). The smallest absolute Gasteiger partial charge is 0.213 e. The van der Waals surface area contributed by atoms with E-state index in [-0.39, 0.29) is 17.6 Å².